The second-order valence-corrected chi connectivity index (χ2v) is 7.40. The van der Waals surface area contributed by atoms with Crippen LogP contribution in [0.25, 0.3) is 0 Å². The molecule has 6 heteroatoms. The Kier molecular flexibility index (Phi) is 8.75. The summed E-state index contributed by atoms with van der Waals surface area (Å²) in [5.41, 5.74) is 2.43. The molecule has 0 spiro atoms. The Morgan fingerprint density at radius 2 is 1.88 bits per heavy atom. The van der Waals surface area contributed by atoms with Gasteiger partial charge in [0.1, 0.15) is 0 Å². The van der Waals surface area contributed by atoms with Crippen molar-refractivity contribution < 1.29 is 19.5 Å². The molecule has 0 saturated heterocycles. The summed E-state index contributed by atoms with van der Waals surface area (Å²) < 4.78 is 10.4. The highest BCUT2D eigenvalue weighted by molar-refractivity contribution is 6.08. The molecule has 1 rings (SSSR count). The standard InChI is InChI=1S/C20H32N2O4/c1-14-10-9-11-15(18(14)21-19(23)20(2,3)4)16(22-24)12-7-8-13-17(25-5)26-6/h9-11,17,24H,7-8,12-13H2,1-6H3,(H,21,23). The van der Waals surface area contributed by atoms with Crippen LogP contribution in [0.5, 0.6) is 0 Å². The van der Waals surface area contributed by atoms with Crippen molar-refractivity contribution in [3.05, 3.63) is 29.3 Å². The number of ether oxygens (including phenoxy) is 2. The molecule has 0 aromatic heterocycles. The Balaban J connectivity index is 2.88. The normalized spacial score (nSPS) is 12.5. The highest BCUT2D eigenvalue weighted by Gasteiger charge is 2.23. The molecule has 0 aliphatic heterocycles. The predicted octanol–water partition coefficient (Wildman–Crippen LogP) is 4.34. The monoisotopic (exact) mass is 364 g/mol. The number of unbranched alkanes of at least 4 members (excludes halogenated alkanes) is 1. The zero-order chi connectivity index (χ0) is 19.7. The molecule has 0 bridgehead atoms. The summed E-state index contributed by atoms with van der Waals surface area (Å²) in [6.07, 6.45) is 2.85. The molecule has 146 valence electrons. The lowest BCUT2D eigenvalue weighted by atomic mass is 9.94. The molecule has 2 N–H and O–H groups in total. The van der Waals surface area contributed by atoms with Crippen LogP contribution in [0.15, 0.2) is 23.4 Å². The van der Waals surface area contributed by atoms with Crippen LogP contribution in [-0.2, 0) is 14.3 Å². The lowest BCUT2D eigenvalue weighted by Crippen LogP contribution is -2.28. The average Bonchev–Trinajstić information content (AvgIpc) is 2.59. The summed E-state index contributed by atoms with van der Waals surface area (Å²) in [5, 5.41) is 16.0. The SMILES string of the molecule is COC(CCCCC(=NO)c1cccc(C)c1NC(=O)C(C)(C)C)OC. The van der Waals surface area contributed by atoms with Gasteiger partial charge in [-0.25, -0.2) is 0 Å². The van der Waals surface area contributed by atoms with Crippen LogP contribution < -0.4 is 5.32 Å². The summed E-state index contributed by atoms with van der Waals surface area (Å²) in [4.78, 5) is 12.4. The van der Waals surface area contributed by atoms with Gasteiger partial charge in [-0.2, -0.15) is 0 Å². The highest BCUT2D eigenvalue weighted by atomic mass is 16.7. The average molecular weight is 364 g/mol. The quantitative estimate of drug-likeness (QED) is 0.225. The first kappa shape index (κ1) is 22.1. The molecule has 0 radical (unpaired) electrons. The minimum atomic E-state index is -0.509. The van der Waals surface area contributed by atoms with E-state index < -0.39 is 5.41 Å². The number of carbonyl (C=O) groups excluding carboxylic acids is 1. The van der Waals surface area contributed by atoms with Gasteiger partial charge < -0.3 is 20.0 Å². The summed E-state index contributed by atoms with van der Waals surface area (Å²) in [6.45, 7) is 7.52. The topological polar surface area (TPSA) is 80.2 Å². The summed E-state index contributed by atoms with van der Waals surface area (Å²) >= 11 is 0. The molecule has 0 heterocycles. The molecule has 0 aliphatic rings. The van der Waals surface area contributed by atoms with Crippen molar-refractivity contribution in [2.75, 3.05) is 19.5 Å². The number of benzene rings is 1. The maximum Gasteiger partial charge on any atom is 0.229 e. The lowest BCUT2D eigenvalue weighted by molar-refractivity contribution is -0.123. The van der Waals surface area contributed by atoms with Crippen molar-refractivity contribution in [1.29, 1.82) is 0 Å². The van der Waals surface area contributed by atoms with E-state index in [0.29, 0.717) is 17.8 Å². The van der Waals surface area contributed by atoms with Crippen LogP contribution in [0.1, 0.15) is 57.6 Å². The molecule has 1 aromatic carbocycles. The Bertz CT molecular complexity index is 617. The first-order chi connectivity index (χ1) is 12.2. The van der Waals surface area contributed by atoms with Crippen LogP contribution in [0.2, 0.25) is 0 Å². The third kappa shape index (κ3) is 6.42. The second-order valence-electron chi connectivity index (χ2n) is 7.40. The third-order valence-electron chi connectivity index (χ3n) is 4.25. The molecule has 0 aliphatic carbocycles. The van der Waals surface area contributed by atoms with Crippen molar-refractivity contribution in [2.24, 2.45) is 10.6 Å². The van der Waals surface area contributed by atoms with E-state index in [9.17, 15) is 10.0 Å². The van der Waals surface area contributed by atoms with E-state index in [1.54, 1.807) is 14.2 Å². The highest BCUT2D eigenvalue weighted by Crippen LogP contribution is 2.26. The number of rotatable bonds is 9. The van der Waals surface area contributed by atoms with Crippen molar-refractivity contribution in [3.63, 3.8) is 0 Å². The van der Waals surface area contributed by atoms with E-state index in [4.69, 9.17) is 9.47 Å². The zero-order valence-electron chi connectivity index (χ0n) is 16.8. The Morgan fingerprint density at radius 3 is 2.42 bits per heavy atom. The van der Waals surface area contributed by atoms with Gasteiger partial charge in [-0.1, -0.05) is 44.1 Å². The molecule has 0 fully saturated rings. The van der Waals surface area contributed by atoms with Crippen LogP contribution in [0.4, 0.5) is 5.69 Å². The number of methoxy groups -OCH3 is 2. The number of aryl methyl sites for hydroxylation is 1. The van der Waals surface area contributed by atoms with E-state index in [2.05, 4.69) is 10.5 Å². The summed E-state index contributed by atoms with van der Waals surface area (Å²) in [7, 11) is 3.23. The molecule has 0 atom stereocenters. The van der Waals surface area contributed by atoms with Crippen molar-refractivity contribution in [1.82, 2.24) is 0 Å². The Labute approximate surface area is 156 Å². The second kappa shape index (κ2) is 10.3. The maximum atomic E-state index is 12.4. The number of anilines is 1. The van der Waals surface area contributed by atoms with Crippen LogP contribution in [0, 0.1) is 12.3 Å². The smallest absolute Gasteiger partial charge is 0.229 e. The van der Waals surface area contributed by atoms with Crippen molar-refractivity contribution >= 4 is 17.3 Å². The minimum Gasteiger partial charge on any atom is -0.411 e. The first-order valence-corrected chi connectivity index (χ1v) is 8.92. The number of nitrogens with zero attached hydrogens (tertiary/aromatic N) is 1. The largest absolute Gasteiger partial charge is 0.411 e. The fourth-order valence-corrected chi connectivity index (χ4v) is 2.55. The molecule has 1 amide bonds. The number of hydrogen-bond acceptors (Lipinski definition) is 5. The summed E-state index contributed by atoms with van der Waals surface area (Å²) in [6, 6.07) is 5.69. The van der Waals surface area contributed by atoms with Crippen molar-refractivity contribution in [3.8, 4) is 0 Å². The fraction of sp³-hybridized carbons (Fsp3) is 0.600. The number of nitrogens with one attached hydrogen (secondary N) is 1. The van der Waals surface area contributed by atoms with Gasteiger partial charge in [0.2, 0.25) is 5.91 Å². The van der Waals surface area contributed by atoms with E-state index in [1.165, 1.54) is 0 Å². The molecule has 1 aromatic rings. The first-order valence-electron chi connectivity index (χ1n) is 8.92. The number of hydrogen-bond donors (Lipinski definition) is 2. The fourth-order valence-electron chi connectivity index (χ4n) is 2.55. The van der Waals surface area contributed by atoms with Crippen LogP contribution >= 0.6 is 0 Å². The summed E-state index contributed by atoms with van der Waals surface area (Å²) in [5.74, 6) is -0.0756. The number of amides is 1. The van der Waals surface area contributed by atoms with E-state index in [0.717, 1.165) is 30.4 Å². The molecule has 0 unspecified atom stereocenters. The molecular weight excluding hydrogens is 332 g/mol. The Morgan fingerprint density at radius 1 is 1.23 bits per heavy atom. The maximum absolute atomic E-state index is 12.4. The molecule has 26 heavy (non-hydrogen) atoms. The molecule has 6 nitrogen and oxygen atoms in total. The number of para-hydroxylation sites is 1. The Hall–Kier alpha value is -1.92. The van der Waals surface area contributed by atoms with Gasteiger partial charge in [-0.3, -0.25) is 4.79 Å². The third-order valence-corrected chi connectivity index (χ3v) is 4.25. The van der Waals surface area contributed by atoms with Crippen molar-refractivity contribution in [2.45, 2.75) is 59.7 Å². The van der Waals surface area contributed by atoms with Gasteiger partial charge in [0.15, 0.2) is 6.29 Å². The van der Waals surface area contributed by atoms with Gasteiger partial charge in [0, 0.05) is 25.2 Å². The van der Waals surface area contributed by atoms with Gasteiger partial charge in [-0.05, 0) is 38.2 Å². The number of carbonyl (C=O) groups is 1. The lowest BCUT2D eigenvalue weighted by Gasteiger charge is -2.21. The van der Waals surface area contributed by atoms with E-state index >= 15 is 0 Å². The molecule has 0 saturated carbocycles. The van der Waals surface area contributed by atoms with Gasteiger partial charge in [0.25, 0.3) is 0 Å². The predicted molar refractivity (Wildman–Crippen MR) is 104 cm³/mol. The van der Waals surface area contributed by atoms with Gasteiger partial charge in [0.05, 0.1) is 11.4 Å². The van der Waals surface area contributed by atoms with Crippen LogP contribution in [-0.4, -0.2) is 37.3 Å². The zero-order valence-corrected chi connectivity index (χ0v) is 16.8. The minimum absolute atomic E-state index is 0.0756. The van der Waals surface area contributed by atoms with Gasteiger partial charge >= 0.3 is 0 Å². The van der Waals surface area contributed by atoms with E-state index in [-0.39, 0.29) is 12.2 Å². The molecular formula is C20H32N2O4. The number of oxime groups is 1. The van der Waals surface area contributed by atoms with E-state index in [1.807, 2.05) is 45.9 Å². The van der Waals surface area contributed by atoms with Gasteiger partial charge in [-0.15, -0.1) is 0 Å². The van der Waals surface area contributed by atoms with Crippen LogP contribution in [0.3, 0.4) is 0 Å².